The topological polar surface area (TPSA) is 30.9 Å². The number of anilines is 1. The van der Waals surface area contributed by atoms with Crippen molar-refractivity contribution in [1.29, 1.82) is 0 Å². The Balaban J connectivity index is 2.50. The van der Waals surface area contributed by atoms with Crippen LogP contribution in [0.25, 0.3) is 0 Å². The maximum absolute atomic E-state index is 5.88. The van der Waals surface area contributed by atoms with Crippen LogP contribution in [0, 0.1) is 6.92 Å². The van der Waals surface area contributed by atoms with E-state index < -0.39 is 0 Å². The van der Waals surface area contributed by atoms with E-state index in [1.54, 1.807) is 14.2 Å². The molecule has 5 heteroatoms. The first-order valence-electron chi connectivity index (χ1n) is 9.21. The highest BCUT2D eigenvalue weighted by molar-refractivity contribution is 7.49. The average molecular weight is 389 g/mol. The van der Waals surface area contributed by atoms with E-state index in [9.17, 15) is 0 Å². The van der Waals surface area contributed by atoms with Crippen LogP contribution in [0.1, 0.15) is 31.4 Å². The number of hydrogen-bond donors (Lipinski definition) is 0. The molecule has 0 bridgehead atoms. The second-order valence-corrected chi connectivity index (χ2v) is 9.03. The summed E-state index contributed by atoms with van der Waals surface area (Å²) in [5, 5.41) is 1.29. The van der Waals surface area contributed by atoms with Gasteiger partial charge in [0, 0.05) is 37.6 Å². The number of aryl methyl sites for hydroxylation is 1. The van der Waals surface area contributed by atoms with Gasteiger partial charge in [0.1, 0.15) is 11.5 Å². The van der Waals surface area contributed by atoms with Crippen LogP contribution in [0.5, 0.6) is 11.5 Å². The first-order chi connectivity index (χ1) is 12.8. The summed E-state index contributed by atoms with van der Waals surface area (Å²) < 4.78 is 16.5. The van der Waals surface area contributed by atoms with Crippen molar-refractivity contribution < 1.29 is 14.2 Å². The van der Waals surface area contributed by atoms with Crippen LogP contribution in [-0.4, -0.2) is 35.1 Å². The lowest BCUT2D eigenvalue weighted by atomic mass is 9.96. The molecule has 0 saturated carbocycles. The highest BCUT2D eigenvalue weighted by Crippen LogP contribution is 2.49. The maximum atomic E-state index is 5.88. The molecule has 0 radical (unpaired) electrons. The Morgan fingerprint density at radius 1 is 1.07 bits per heavy atom. The largest absolute Gasteiger partial charge is 0.497 e. The molecule has 0 N–H and O–H groups in total. The predicted molar refractivity (Wildman–Crippen MR) is 117 cm³/mol. The number of rotatable bonds is 9. The Hall–Kier alpha value is -1.77. The van der Waals surface area contributed by atoms with Gasteiger partial charge < -0.3 is 19.1 Å². The molecule has 0 amide bonds. The molecule has 0 aliphatic heterocycles. The lowest BCUT2D eigenvalue weighted by molar-refractivity contribution is 0.0500. The number of ether oxygens (including phenoxy) is 3. The van der Waals surface area contributed by atoms with Crippen molar-refractivity contribution in [2.75, 3.05) is 40.0 Å². The zero-order valence-electron chi connectivity index (χ0n) is 17.6. The van der Waals surface area contributed by atoms with Gasteiger partial charge >= 0.3 is 0 Å². The SMILES string of the molecule is CCC(C)(Pc1ccc(C)cc1N(C)C)c1cc(OC)ccc1OCOC. The molecule has 0 aliphatic carbocycles. The number of nitrogens with zero attached hydrogens (tertiary/aromatic N) is 1. The third-order valence-electron chi connectivity index (χ3n) is 4.87. The highest BCUT2D eigenvalue weighted by atomic mass is 31.1. The molecule has 2 aromatic rings. The molecular weight excluding hydrogens is 357 g/mol. The van der Waals surface area contributed by atoms with Gasteiger partial charge in [0.15, 0.2) is 6.79 Å². The van der Waals surface area contributed by atoms with Gasteiger partial charge in [0.05, 0.1) is 7.11 Å². The minimum Gasteiger partial charge on any atom is -0.497 e. The Labute approximate surface area is 165 Å². The summed E-state index contributed by atoms with van der Waals surface area (Å²) in [5.74, 6) is 1.70. The molecule has 0 saturated heterocycles. The van der Waals surface area contributed by atoms with Gasteiger partial charge in [-0.05, 0) is 48.5 Å². The monoisotopic (exact) mass is 389 g/mol. The Morgan fingerprint density at radius 2 is 1.81 bits per heavy atom. The molecule has 0 aliphatic rings. The lowest BCUT2D eigenvalue weighted by Gasteiger charge is -2.33. The maximum Gasteiger partial charge on any atom is 0.188 e. The van der Waals surface area contributed by atoms with Gasteiger partial charge in [-0.1, -0.05) is 34.6 Å². The van der Waals surface area contributed by atoms with E-state index in [1.807, 2.05) is 12.1 Å². The first kappa shape index (κ1) is 21.5. The Morgan fingerprint density at radius 3 is 2.41 bits per heavy atom. The van der Waals surface area contributed by atoms with Crippen molar-refractivity contribution in [3.63, 3.8) is 0 Å². The second-order valence-electron chi connectivity index (χ2n) is 7.14. The van der Waals surface area contributed by atoms with E-state index in [0.717, 1.165) is 23.5 Å². The fourth-order valence-corrected chi connectivity index (χ4v) is 4.77. The molecule has 0 spiro atoms. The lowest BCUT2D eigenvalue weighted by Crippen LogP contribution is -2.23. The first-order valence-corrected chi connectivity index (χ1v) is 10.2. The van der Waals surface area contributed by atoms with Gasteiger partial charge in [-0.3, -0.25) is 0 Å². The van der Waals surface area contributed by atoms with Crippen molar-refractivity contribution >= 4 is 19.6 Å². The summed E-state index contributed by atoms with van der Waals surface area (Å²) in [6.45, 7) is 6.91. The van der Waals surface area contributed by atoms with Gasteiger partial charge in [-0.25, -0.2) is 0 Å². The van der Waals surface area contributed by atoms with Crippen LogP contribution in [0.3, 0.4) is 0 Å². The summed E-state index contributed by atoms with van der Waals surface area (Å²) in [6.07, 6.45) is 0.989. The summed E-state index contributed by atoms with van der Waals surface area (Å²) in [4.78, 5) is 2.19. The molecule has 0 aromatic heterocycles. The molecule has 27 heavy (non-hydrogen) atoms. The third kappa shape index (κ3) is 5.15. The molecule has 4 nitrogen and oxygen atoms in total. The van der Waals surface area contributed by atoms with Crippen molar-refractivity contribution in [1.82, 2.24) is 0 Å². The quantitative estimate of drug-likeness (QED) is 0.460. The zero-order chi connectivity index (χ0) is 20.0. The zero-order valence-corrected chi connectivity index (χ0v) is 18.6. The fourth-order valence-electron chi connectivity index (χ4n) is 3.08. The van der Waals surface area contributed by atoms with Gasteiger partial charge in [0.2, 0.25) is 0 Å². The van der Waals surface area contributed by atoms with E-state index in [0.29, 0.717) is 8.58 Å². The minimum atomic E-state index is -0.0718. The summed E-state index contributed by atoms with van der Waals surface area (Å²) in [7, 11) is 8.14. The molecule has 2 unspecified atom stereocenters. The molecule has 2 aromatic carbocycles. The van der Waals surface area contributed by atoms with Crippen molar-refractivity contribution in [2.24, 2.45) is 0 Å². The van der Waals surface area contributed by atoms with Crippen LogP contribution >= 0.6 is 8.58 Å². The van der Waals surface area contributed by atoms with Crippen LogP contribution in [0.4, 0.5) is 5.69 Å². The molecule has 2 atom stereocenters. The number of methoxy groups -OCH3 is 2. The third-order valence-corrected chi connectivity index (χ3v) is 6.73. The second kappa shape index (κ2) is 9.43. The fraction of sp³-hybridized carbons (Fsp3) is 0.455. The van der Waals surface area contributed by atoms with E-state index in [-0.39, 0.29) is 11.9 Å². The minimum absolute atomic E-state index is 0.0718. The molecule has 148 valence electrons. The van der Waals surface area contributed by atoms with E-state index >= 15 is 0 Å². The standard InChI is InChI=1S/C22H32NO3P/c1-8-22(3,27-21-12-9-16(2)13-19(21)23(4)5)18-14-17(25-7)10-11-20(18)26-15-24-6/h9-14,27H,8,15H2,1-7H3. The molecule has 0 fully saturated rings. The van der Waals surface area contributed by atoms with Crippen LogP contribution in [0.15, 0.2) is 36.4 Å². The number of benzene rings is 2. The summed E-state index contributed by atoms with van der Waals surface area (Å²) in [6, 6.07) is 12.7. The Kier molecular flexibility index (Phi) is 7.52. The average Bonchev–Trinajstić information content (AvgIpc) is 2.67. The molecular formula is C22H32NO3P. The van der Waals surface area contributed by atoms with Gasteiger partial charge in [0.25, 0.3) is 0 Å². The van der Waals surface area contributed by atoms with Gasteiger partial charge in [-0.15, -0.1) is 0 Å². The van der Waals surface area contributed by atoms with E-state index in [1.165, 1.54) is 16.6 Å². The van der Waals surface area contributed by atoms with Crippen molar-refractivity contribution in [3.05, 3.63) is 47.5 Å². The molecule has 2 rings (SSSR count). The van der Waals surface area contributed by atoms with Gasteiger partial charge in [-0.2, -0.15) is 0 Å². The van der Waals surface area contributed by atoms with E-state index in [4.69, 9.17) is 14.2 Å². The molecule has 0 heterocycles. The normalized spacial score (nSPS) is 13.6. The Bertz CT molecular complexity index is 763. The predicted octanol–water partition coefficient (Wildman–Crippen LogP) is 4.68. The van der Waals surface area contributed by atoms with Crippen LogP contribution < -0.4 is 19.7 Å². The van der Waals surface area contributed by atoms with E-state index in [2.05, 4.69) is 64.0 Å². The van der Waals surface area contributed by atoms with Crippen molar-refractivity contribution in [2.45, 2.75) is 32.3 Å². The smallest absolute Gasteiger partial charge is 0.188 e. The summed E-state index contributed by atoms with van der Waals surface area (Å²) in [5.41, 5.74) is 3.70. The van der Waals surface area contributed by atoms with Crippen LogP contribution in [-0.2, 0) is 9.89 Å². The van der Waals surface area contributed by atoms with Crippen molar-refractivity contribution in [3.8, 4) is 11.5 Å². The highest BCUT2D eigenvalue weighted by Gasteiger charge is 2.30. The summed E-state index contributed by atoms with van der Waals surface area (Å²) >= 11 is 0. The number of hydrogen-bond acceptors (Lipinski definition) is 4. The van der Waals surface area contributed by atoms with Crippen LogP contribution in [0.2, 0.25) is 0 Å².